The first kappa shape index (κ1) is 16.8. The van der Waals surface area contributed by atoms with Crippen LogP contribution >= 0.6 is 0 Å². The van der Waals surface area contributed by atoms with E-state index in [1.807, 2.05) is 12.1 Å². The number of nitrogen functional groups attached to an aromatic ring is 1. The highest BCUT2D eigenvalue weighted by Gasteiger charge is 2.30. The third-order valence-corrected chi connectivity index (χ3v) is 3.87. The smallest absolute Gasteiger partial charge is 0.393 e. The molecule has 10 heteroatoms. The van der Waals surface area contributed by atoms with Gasteiger partial charge in [-0.05, 0) is 30.3 Å². The van der Waals surface area contributed by atoms with Crippen LogP contribution in [0.2, 0.25) is 0 Å². The minimum absolute atomic E-state index is 0.130. The third kappa shape index (κ3) is 3.12. The average Bonchev–Trinajstić information content (AvgIpc) is 3.07. The summed E-state index contributed by atoms with van der Waals surface area (Å²) in [4.78, 5) is 8.16. The summed E-state index contributed by atoms with van der Waals surface area (Å²) in [5.41, 5.74) is 7.04. The van der Waals surface area contributed by atoms with Crippen LogP contribution in [0.1, 0.15) is 5.56 Å². The van der Waals surface area contributed by atoms with Crippen molar-refractivity contribution in [1.29, 1.82) is 0 Å². The second-order valence-electron chi connectivity index (χ2n) is 5.65. The van der Waals surface area contributed by atoms with Crippen molar-refractivity contribution in [3.05, 3.63) is 60.4 Å². The molecule has 2 heterocycles. The van der Waals surface area contributed by atoms with E-state index in [9.17, 15) is 13.2 Å². The van der Waals surface area contributed by atoms with E-state index < -0.39 is 11.7 Å². The number of hydrogen-bond acceptors (Lipinski definition) is 6. The number of halogens is 3. The highest BCUT2D eigenvalue weighted by molar-refractivity contribution is 5.80. The normalized spacial score (nSPS) is 11.7. The first-order chi connectivity index (χ1) is 12.9. The topological polar surface area (TPSA) is 94.5 Å². The van der Waals surface area contributed by atoms with Gasteiger partial charge in [0.1, 0.15) is 17.5 Å². The van der Waals surface area contributed by atoms with Gasteiger partial charge in [-0.1, -0.05) is 23.4 Å². The molecule has 0 atom stereocenters. The number of nitrogens with two attached hydrogens (primary N) is 1. The fourth-order valence-corrected chi connectivity index (χ4v) is 2.59. The van der Waals surface area contributed by atoms with Crippen LogP contribution in [0, 0.1) is 0 Å². The highest BCUT2D eigenvalue weighted by Crippen LogP contribution is 2.32. The molecule has 0 spiro atoms. The standard InChI is InChI=1S/C17H12F3N7/c18-17(19,20)10-4-3-5-11(8-10)24-15-14(21)16(23-9-22-15)27-13-7-2-1-6-12(13)25-26-27/h1-9H,21H2,(H,22,23,24). The SMILES string of the molecule is Nc1c(Nc2cccc(C(F)(F)F)c2)ncnc1-n1nnc2ccccc21. The van der Waals surface area contributed by atoms with Crippen molar-refractivity contribution in [2.45, 2.75) is 6.18 Å². The maximum absolute atomic E-state index is 12.9. The lowest BCUT2D eigenvalue weighted by molar-refractivity contribution is -0.137. The van der Waals surface area contributed by atoms with Gasteiger partial charge in [0.05, 0.1) is 11.1 Å². The van der Waals surface area contributed by atoms with Gasteiger partial charge in [-0.25, -0.2) is 9.97 Å². The second kappa shape index (κ2) is 6.24. The van der Waals surface area contributed by atoms with Gasteiger partial charge in [0.15, 0.2) is 11.6 Å². The van der Waals surface area contributed by atoms with Crippen molar-refractivity contribution >= 4 is 28.2 Å². The quantitative estimate of drug-likeness (QED) is 0.572. The molecule has 0 radical (unpaired) electrons. The number of fused-ring (bicyclic) bond motifs is 1. The van der Waals surface area contributed by atoms with Crippen molar-refractivity contribution in [1.82, 2.24) is 25.0 Å². The third-order valence-electron chi connectivity index (χ3n) is 3.87. The van der Waals surface area contributed by atoms with Gasteiger partial charge in [0.2, 0.25) is 0 Å². The number of aromatic nitrogens is 5. The lowest BCUT2D eigenvalue weighted by Gasteiger charge is -2.13. The lowest BCUT2D eigenvalue weighted by Crippen LogP contribution is -2.09. The van der Waals surface area contributed by atoms with Gasteiger partial charge in [0.25, 0.3) is 0 Å². The highest BCUT2D eigenvalue weighted by atomic mass is 19.4. The van der Waals surface area contributed by atoms with Crippen molar-refractivity contribution < 1.29 is 13.2 Å². The number of alkyl halides is 3. The molecule has 27 heavy (non-hydrogen) atoms. The Morgan fingerprint density at radius 2 is 1.81 bits per heavy atom. The number of anilines is 3. The summed E-state index contributed by atoms with van der Waals surface area (Å²) in [6.07, 6.45) is -3.20. The number of benzene rings is 2. The van der Waals surface area contributed by atoms with Gasteiger partial charge in [0, 0.05) is 5.69 Å². The number of para-hydroxylation sites is 1. The monoisotopic (exact) mass is 371 g/mol. The molecule has 0 saturated carbocycles. The van der Waals surface area contributed by atoms with Crippen LogP contribution in [0.5, 0.6) is 0 Å². The molecule has 3 N–H and O–H groups in total. The molecule has 7 nitrogen and oxygen atoms in total. The molecule has 0 bridgehead atoms. The van der Waals surface area contributed by atoms with Crippen LogP contribution in [0.15, 0.2) is 54.9 Å². The van der Waals surface area contributed by atoms with E-state index in [1.54, 1.807) is 12.1 Å². The van der Waals surface area contributed by atoms with Gasteiger partial charge >= 0.3 is 6.18 Å². The molecule has 2 aromatic heterocycles. The molecule has 4 rings (SSSR count). The summed E-state index contributed by atoms with van der Waals surface area (Å²) in [6, 6.07) is 12.0. The van der Waals surface area contributed by atoms with E-state index in [2.05, 4.69) is 25.6 Å². The van der Waals surface area contributed by atoms with Crippen LogP contribution < -0.4 is 11.1 Å². The van der Waals surface area contributed by atoms with Gasteiger partial charge in [-0.3, -0.25) is 0 Å². The van der Waals surface area contributed by atoms with E-state index in [1.165, 1.54) is 23.1 Å². The summed E-state index contributed by atoms with van der Waals surface area (Å²) >= 11 is 0. The zero-order valence-corrected chi connectivity index (χ0v) is 13.6. The van der Waals surface area contributed by atoms with Crippen molar-refractivity contribution in [3.8, 4) is 5.82 Å². The first-order valence-electron chi connectivity index (χ1n) is 7.79. The number of rotatable bonds is 3. The van der Waals surface area contributed by atoms with Crippen LogP contribution in [0.25, 0.3) is 16.9 Å². The fraction of sp³-hybridized carbons (Fsp3) is 0.0588. The second-order valence-corrected chi connectivity index (χ2v) is 5.65. The minimum Gasteiger partial charge on any atom is -0.393 e. The molecular formula is C17H12F3N7. The predicted molar refractivity (Wildman–Crippen MR) is 93.6 cm³/mol. The molecule has 4 aromatic rings. The molecule has 0 amide bonds. The molecule has 2 aromatic carbocycles. The largest absolute Gasteiger partial charge is 0.416 e. The minimum atomic E-state index is -4.44. The molecule has 0 aliphatic rings. The Kier molecular flexibility index (Phi) is 3.87. The Bertz CT molecular complexity index is 1120. The number of hydrogen-bond donors (Lipinski definition) is 2. The van der Waals surface area contributed by atoms with Gasteiger partial charge in [-0.2, -0.15) is 17.9 Å². The molecule has 0 aliphatic heterocycles. The van der Waals surface area contributed by atoms with E-state index in [4.69, 9.17) is 5.73 Å². The molecule has 136 valence electrons. The van der Waals surface area contributed by atoms with Gasteiger partial charge in [-0.15, -0.1) is 5.10 Å². The average molecular weight is 371 g/mol. The molecular weight excluding hydrogens is 359 g/mol. The van der Waals surface area contributed by atoms with Crippen molar-refractivity contribution in [3.63, 3.8) is 0 Å². The van der Waals surface area contributed by atoms with Crippen molar-refractivity contribution in [2.24, 2.45) is 0 Å². The maximum Gasteiger partial charge on any atom is 0.416 e. The predicted octanol–water partition coefficient (Wildman–Crippen LogP) is 3.56. The van der Waals surface area contributed by atoms with Crippen LogP contribution in [0.4, 0.5) is 30.4 Å². The Morgan fingerprint density at radius 3 is 2.63 bits per heavy atom. The first-order valence-corrected chi connectivity index (χ1v) is 7.79. The maximum atomic E-state index is 12.9. The summed E-state index contributed by atoms with van der Waals surface area (Å²) in [7, 11) is 0. The zero-order valence-electron chi connectivity index (χ0n) is 13.6. The Hall–Kier alpha value is -3.69. The van der Waals surface area contributed by atoms with E-state index in [0.717, 1.165) is 12.1 Å². The summed E-state index contributed by atoms with van der Waals surface area (Å²) in [5, 5.41) is 10.9. The lowest BCUT2D eigenvalue weighted by atomic mass is 10.2. The Labute approximate surface area is 150 Å². The van der Waals surface area contributed by atoms with E-state index in [0.29, 0.717) is 11.0 Å². The van der Waals surface area contributed by atoms with E-state index in [-0.39, 0.29) is 23.0 Å². The van der Waals surface area contributed by atoms with E-state index >= 15 is 0 Å². The molecule has 0 unspecified atom stereocenters. The molecule has 0 saturated heterocycles. The van der Waals surface area contributed by atoms with Crippen LogP contribution in [-0.2, 0) is 6.18 Å². The van der Waals surface area contributed by atoms with Crippen LogP contribution in [0.3, 0.4) is 0 Å². The van der Waals surface area contributed by atoms with Gasteiger partial charge < -0.3 is 11.1 Å². The summed E-state index contributed by atoms with van der Waals surface area (Å²) in [5.74, 6) is 0.437. The number of nitrogens with zero attached hydrogens (tertiary/aromatic N) is 5. The molecule has 0 fully saturated rings. The number of nitrogens with one attached hydrogen (secondary N) is 1. The summed E-state index contributed by atoms with van der Waals surface area (Å²) < 4.78 is 40.1. The Balaban J connectivity index is 1.73. The fourth-order valence-electron chi connectivity index (χ4n) is 2.59. The Morgan fingerprint density at radius 1 is 1.00 bits per heavy atom. The molecule has 0 aliphatic carbocycles. The van der Waals surface area contributed by atoms with Crippen molar-refractivity contribution in [2.75, 3.05) is 11.1 Å². The van der Waals surface area contributed by atoms with Crippen LogP contribution in [-0.4, -0.2) is 25.0 Å². The summed E-state index contributed by atoms with van der Waals surface area (Å²) in [6.45, 7) is 0. The zero-order chi connectivity index (χ0) is 19.0.